The molecule has 1 heterocycles. The molecule has 0 aromatic heterocycles. The monoisotopic (exact) mass is 414 g/mol. The molecule has 6 heteroatoms. The third kappa shape index (κ3) is 2.97. The SMILES string of the molecule is O=C(CN1C(=O)[C@@H]2[C@H]3C=C[C@@H]([C@@H]4C[C@H]34)[C@@H]2C1=O)Nc1ccc(Oc2ccccc2)cc1. The number of imide groups is 1. The van der Waals surface area contributed by atoms with E-state index in [0.717, 1.165) is 12.2 Å². The van der Waals surface area contributed by atoms with Crippen molar-refractivity contribution in [1.29, 1.82) is 0 Å². The van der Waals surface area contributed by atoms with Gasteiger partial charge in [-0.1, -0.05) is 30.4 Å². The van der Waals surface area contributed by atoms with E-state index in [2.05, 4.69) is 17.5 Å². The van der Waals surface area contributed by atoms with E-state index < -0.39 is 0 Å². The number of benzene rings is 2. The van der Waals surface area contributed by atoms with Crippen molar-refractivity contribution in [1.82, 2.24) is 4.90 Å². The molecular weight excluding hydrogens is 392 g/mol. The molecule has 2 aromatic carbocycles. The maximum atomic E-state index is 13.0. The first-order chi connectivity index (χ1) is 15.1. The van der Waals surface area contributed by atoms with Crippen molar-refractivity contribution in [3.8, 4) is 11.5 Å². The summed E-state index contributed by atoms with van der Waals surface area (Å²) in [5.41, 5.74) is 0.588. The van der Waals surface area contributed by atoms with Crippen molar-refractivity contribution in [2.75, 3.05) is 11.9 Å². The van der Waals surface area contributed by atoms with Crippen LogP contribution in [0.2, 0.25) is 0 Å². The molecule has 1 saturated heterocycles. The Morgan fingerprint density at radius 1 is 0.871 bits per heavy atom. The number of likely N-dealkylation sites (tertiary alicyclic amines) is 1. The minimum Gasteiger partial charge on any atom is -0.457 e. The van der Waals surface area contributed by atoms with Gasteiger partial charge in [0.1, 0.15) is 18.0 Å². The maximum Gasteiger partial charge on any atom is 0.244 e. The molecule has 3 fully saturated rings. The van der Waals surface area contributed by atoms with E-state index in [0.29, 0.717) is 23.3 Å². The van der Waals surface area contributed by atoms with Gasteiger partial charge in [0, 0.05) is 5.69 Å². The van der Waals surface area contributed by atoms with Crippen LogP contribution in [0.15, 0.2) is 66.7 Å². The first-order valence-electron chi connectivity index (χ1n) is 10.8. The second kappa shape index (κ2) is 6.80. The molecule has 7 rings (SSSR count). The Balaban J connectivity index is 1.10. The van der Waals surface area contributed by atoms with Crippen molar-refractivity contribution in [3.05, 3.63) is 66.7 Å². The Labute approximate surface area is 179 Å². The van der Waals surface area contributed by atoms with Gasteiger partial charge in [0.15, 0.2) is 0 Å². The largest absolute Gasteiger partial charge is 0.457 e. The Hall–Kier alpha value is -3.41. The molecule has 0 unspecified atom stereocenters. The summed E-state index contributed by atoms with van der Waals surface area (Å²) in [7, 11) is 0. The number of hydrogen-bond donors (Lipinski definition) is 1. The summed E-state index contributed by atoms with van der Waals surface area (Å²) in [4.78, 5) is 39.7. The molecule has 2 saturated carbocycles. The van der Waals surface area contributed by atoms with Crippen molar-refractivity contribution in [2.45, 2.75) is 6.42 Å². The topological polar surface area (TPSA) is 75.7 Å². The molecule has 2 bridgehead atoms. The predicted octanol–water partition coefficient (Wildman–Crippen LogP) is 3.47. The minimum atomic E-state index is -0.373. The fourth-order valence-corrected chi connectivity index (χ4v) is 5.75. The highest BCUT2D eigenvalue weighted by atomic mass is 16.5. The van der Waals surface area contributed by atoms with Crippen LogP contribution in [0, 0.1) is 35.5 Å². The third-order valence-electron chi connectivity index (χ3n) is 7.17. The van der Waals surface area contributed by atoms with Gasteiger partial charge < -0.3 is 10.1 Å². The van der Waals surface area contributed by atoms with Crippen molar-refractivity contribution in [3.63, 3.8) is 0 Å². The highest BCUT2D eigenvalue weighted by Gasteiger charge is 2.67. The van der Waals surface area contributed by atoms with E-state index in [1.807, 2.05) is 30.3 Å². The van der Waals surface area contributed by atoms with Crippen molar-refractivity contribution in [2.24, 2.45) is 35.5 Å². The lowest BCUT2D eigenvalue weighted by Crippen LogP contribution is -2.40. The van der Waals surface area contributed by atoms with E-state index in [9.17, 15) is 14.4 Å². The molecule has 6 atom stereocenters. The molecule has 156 valence electrons. The minimum absolute atomic E-state index is 0.168. The molecule has 1 N–H and O–H groups in total. The number of allylic oxidation sites excluding steroid dienone is 2. The standard InChI is InChI=1S/C25H22N2O4/c28-21(26-14-6-8-16(9-7-14)31-15-4-2-1-3-5-15)13-27-24(29)22-17-10-11-18(20-12-19(17)20)23(22)25(27)30/h1-11,17-20,22-23H,12-13H2,(H,26,28)/t17-,18-,19-,20+,22-,23+/m0/s1. The lowest BCUT2D eigenvalue weighted by atomic mass is 9.63. The summed E-state index contributed by atoms with van der Waals surface area (Å²) < 4.78 is 5.75. The molecule has 0 radical (unpaired) electrons. The lowest BCUT2D eigenvalue weighted by molar-refractivity contribution is -0.142. The summed E-state index contributed by atoms with van der Waals surface area (Å²) in [6.07, 6.45) is 5.39. The molecule has 1 aliphatic heterocycles. The van der Waals surface area contributed by atoms with Gasteiger partial charge in [0.05, 0.1) is 11.8 Å². The summed E-state index contributed by atoms with van der Waals surface area (Å²) in [5, 5.41) is 2.78. The van der Waals surface area contributed by atoms with Gasteiger partial charge in [0.2, 0.25) is 17.7 Å². The number of carbonyl (C=O) groups excluding carboxylic acids is 3. The Kier molecular flexibility index (Phi) is 4.03. The van der Waals surface area contributed by atoms with E-state index in [1.54, 1.807) is 24.3 Å². The second-order valence-corrected chi connectivity index (χ2v) is 8.90. The number of hydrogen-bond acceptors (Lipinski definition) is 4. The first-order valence-corrected chi connectivity index (χ1v) is 10.8. The molecule has 6 nitrogen and oxygen atoms in total. The van der Waals surface area contributed by atoms with Crippen LogP contribution in [0.1, 0.15) is 6.42 Å². The van der Waals surface area contributed by atoms with Crippen LogP contribution in [0.3, 0.4) is 0 Å². The van der Waals surface area contributed by atoms with Crippen molar-refractivity contribution < 1.29 is 19.1 Å². The normalized spacial score (nSPS) is 31.9. The van der Waals surface area contributed by atoms with Gasteiger partial charge in [0.25, 0.3) is 0 Å². The number of para-hydroxylation sites is 1. The molecule has 5 aliphatic rings. The lowest BCUT2D eigenvalue weighted by Gasteiger charge is -2.37. The molecule has 4 aliphatic carbocycles. The van der Waals surface area contributed by atoms with Crippen LogP contribution in [0.4, 0.5) is 5.69 Å². The van der Waals surface area contributed by atoms with Crippen molar-refractivity contribution >= 4 is 23.4 Å². The average Bonchev–Trinajstić information content (AvgIpc) is 3.57. The van der Waals surface area contributed by atoms with Crippen LogP contribution in [0.5, 0.6) is 11.5 Å². The number of rotatable bonds is 5. The zero-order valence-corrected chi connectivity index (χ0v) is 16.8. The highest BCUT2D eigenvalue weighted by molar-refractivity contribution is 6.09. The van der Waals surface area contributed by atoms with Crippen LogP contribution in [0.25, 0.3) is 0 Å². The molecular formula is C25H22N2O4. The number of anilines is 1. The van der Waals surface area contributed by atoms with Gasteiger partial charge in [-0.05, 0) is 66.5 Å². The fraction of sp³-hybridized carbons (Fsp3) is 0.320. The van der Waals surface area contributed by atoms with E-state index in [1.165, 1.54) is 4.90 Å². The maximum absolute atomic E-state index is 13.0. The molecule has 2 aromatic rings. The van der Waals surface area contributed by atoms with E-state index >= 15 is 0 Å². The van der Waals surface area contributed by atoms with Crippen LogP contribution in [-0.2, 0) is 14.4 Å². The number of nitrogens with zero attached hydrogens (tertiary/aromatic N) is 1. The second-order valence-electron chi connectivity index (χ2n) is 8.90. The Morgan fingerprint density at radius 3 is 2.06 bits per heavy atom. The predicted molar refractivity (Wildman–Crippen MR) is 113 cm³/mol. The molecule has 3 amide bonds. The quantitative estimate of drug-likeness (QED) is 0.601. The summed E-state index contributed by atoms with van der Waals surface area (Å²) in [5.74, 6) is 1.56. The number of carbonyl (C=O) groups is 3. The fourth-order valence-electron chi connectivity index (χ4n) is 5.75. The van der Waals surface area contributed by atoms with Gasteiger partial charge in [-0.2, -0.15) is 0 Å². The van der Waals surface area contributed by atoms with Gasteiger partial charge >= 0.3 is 0 Å². The van der Waals surface area contributed by atoms with Gasteiger partial charge in [-0.15, -0.1) is 0 Å². The number of nitrogens with one attached hydrogen (secondary N) is 1. The number of ether oxygens (including phenoxy) is 1. The summed E-state index contributed by atoms with van der Waals surface area (Å²) >= 11 is 0. The zero-order valence-electron chi connectivity index (χ0n) is 16.8. The Bertz CT molecular complexity index is 1060. The molecule has 0 spiro atoms. The number of amides is 3. The summed E-state index contributed by atoms with van der Waals surface area (Å²) in [6.45, 7) is -0.234. The van der Waals surface area contributed by atoms with Crippen LogP contribution >= 0.6 is 0 Å². The van der Waals surface area contributed by atoms with Gasteiger partial charge in [-0.25, -0.2) is 0 Å². The molecule has 31 heavy (non-hydrogen) atoms. The Morgan fingerprint density at radius 2 is 1.45 bits per heavy atom. The average molecular weight is 414 g/mol. The zero-order chi connectivity index (χ0) is 21.1. The smallest absolute Gasteiger partial charge is 0.244 e. The first kappa shape index (κ1) is 18.4. The van der Waals surface area contributed by atoms with Crippen LogP contribution < -0.4 is 10.1 Å². The van der Waals surface area contributed by atoms with E-state index in [-0.39, 0.29) is 47.9 Å². The van der Waals surface area contributed by atoms with E-state index in [4.69, 9.17) is 4.74 Å². The summed E-state index contributed by atoms with van der Waals surface area (Å²) in [6, 6.07) is 16.4. The van der Waals surface area contributed by atoms with Gasteiger partial charge in [-0.3, -0.25) is 19.3 Å². The third-order valence-corrected chi connectivity index (χ3v) is 7.17. The van der Waals surface area contributed by atoms with Crippen LogP contribution in [-0.4, -0.2) is 29.2 Å². The highest BCUT2D eigenvalue weighted by Crippen LogP contribution is 2.65.